The second-order valence-electron chi connectivity index (χ2n) is 4.53. The van der Waals surface area contributed by atoms with Crippen LogP contribution in [0.1, 0.15) is 40.0 Å². The Morgan fingerprint density at radius 1 is 1.06 bits per heavy atom. The Balaban J connectivity index is 2.13. The van der Waals surface area contributed by atoms with E-state index >= 15 is 0 Å². The number of carbonyl (C=O) groups excluding carboxylic acids is 2. The molecule has 82 valence electrons. The molecule has 16 heavy (non-hydrogen) atoms. The number of hydrogen-bond donors (Lipinski definition) is 1. The van der Waals surface area contributed by atoms with Crippen molar-refractivity contribution in [3.8, 4) is 0 Å². The van der Waals surface area contributed by atoms with E-state index in [1.165, 1.54) is 0 Å². The summed E-state index contributed by atoms with van der Waals surface area (Å²) in [5, 5.41) is 2.97. The van der Waals surface area contributed by atoms with E-state index in [9.17, 15) is 9.59 Å². The van der Waals surface area contributed by atoms with E-state index in [0.29, 0.717) is 11.1 Å². The highest BCUT2D eigenvalue weighted by Gasteiger charge is 2.38. The minimum Gasteiger partial charge on any atom is -0.349 e. The maximum absolute atomic E-state index is 12.3. The number of amides is 1. The number of ketones is 1. The molecule has 3 nitrogen and oxygen atoms in total. The van der Waals surface area contributed by atoms with Gasteiger partial charge in [0.1, 0.15) is 0 Å². The zero-order valence-electron chi connectivity index (χ0n) is 8.90. The highest BCUT2D eigenvalue weighted by molar-refractivity contribution is 6.11. The van der Waals surface area contributed by atoms with Crippen molar-refractivity contribution in [1.29, 1.82) is 0 Å². The Morgan fingerprint density at radius 3 is 2.62 bits per heavy atom. The van der Waals surface area contributed by atoms with Gasteiger partial charge in [0.25, 0.3) is 5.91 Å². The van der Waals surface area contributed by atoms with Gasteiger partial charge >= 0.3 is 0 Å². The predicted octanol–water partition coefficient (Wildman–Crippen LogP) is 1.78. The summed E-state index contributed by atoms with van der Waals surface area (Å²) in [5.41, 5.74) is 1.12. The minimum atomic E-state index is -0.0987. The molecule has 0 bridgehead atoms. The number of nitrogens with one attached hydrogen (secondary N) is 1. The lowest BCUT2D eigenvalue weighted by Gasteiger charge is -2.15. The number of benzene rings is 1. The molecular weight excluding hydrogens is 202 g/mol. The molecule has 1 aliphatic heterocycles. The van der Waals surface area contributed by atoms with Crippen LogP contribution in [0.4, 0.5) is 0 Å². The molecule has 1 aromatic carbocycles. The van der Waals surface area contributed by atoms with Crippen molar-refractivity contribution in [2.75, 3.05) is 0 Å². The summed E-state index contributed by atoms with van der Waals surface area (Å²) in [5.74, 6) is 0.0300. The summed E-state index contributed by atoms with van der Waals surface area (Å²) in [4.78, 5) is 24.2. The van der Waals surface area contributed by atoms with Gasteiger partial charge in [0, 0.05) is 17.5 Å². The van der Waals surface area contributed by atoms with Gasteiger partial charge in [-0.3, -0.25) is 9.59 Å². The molecule has 1 heterocycles. The number of hydrogen-bond acceptors (Lipinski definition) is 2. The van der Waals surface area contributed by atoms with E-state index in [4.69, 9.17) is 0 Å². The molecule has 3 rings (SSSR count). The predicted molar refractivity (Wildman–Crippen MR) is 59.4 cm³/mol. The highest BCUT2D eigenvalue weighted by atomic mass is 16.2. The van der Waals surface area contributed by atoms with Crippen LogP contribution in [0.3, 0.4) is 0 Å². The minimum absolute atomic E-state index is 0.00685. The third-order valence-electron chi connectivity index (χ3n) is 3.61. The normalized spacial score (nSPS) is 28.0. The Bertz CT molecular complexity index is 467. The van der Waals surface area contributed by atoms with Crippen molar-refractivity contribution >= 4 is 11.7 Å². The highest BCUT2D eigenvalue weighted by Crippen LogP contribution is 2.32. The molecule has 1 amide bonds. The lowest BCUT2D eigenvalue weighted by Crippen LogP contribution is -2.36. The molecule has 2 aliphatic rings. The molecule has 0 radical (unpaired) electrons. The number of fused-ring (bicyclic) bond motifs is 2. The topological polar surface area (TPSA) is 46.2 Å². The molecule has 1 fully saturated rings. The van der Waals surface area contributed by atoms with Crippen molar-refractivity contribution in [1.82, 2.24) is 5.32 Å². The molecule has 1 N–H and O–H groups in total. The maximum Gasteiger partial charge on any atom is 0.252 e. The molecule has 1 aromatic rings. The van der Waals surface area contributed by atoms with Crippen LogP contribution in [0, 0.1) is 5.92 Å². The fraction of sp³-hybridized carbons (Fsp3) is 0.385. The second kappa shape index (κ2) is 3.44. The first kappa shape index (κ1) is 9.58. The van der Waals surface area contributed by atoms with Crippen molar-refractivity contribution < 1.29 is 9.59 Å². The summed E-state index contributed by atoms with van der Waals surface area (Å²) in [7, 11) is 0. The van der Waals surface area contributed by atoms with Gasteiger partial charge in [0.15, 0.2) is 5.78 Å². The van der Waals surface area contributed by atoms with Crippen LogP contribution in [0.25, 0.3) is 0 Å². The van der Waals surface area contributed by atoms with Crippen LogP contribution >= 0.6 is 0 Å². The van der Waals surface area contributed by atoms with Crippen LogP contribution in [-0.2, 0) is 0 Å². The molecule has 1 saturated carbocycles. The number of Topliss-reactive ketones (excluding diaryl/α,β-unsaturated/α-hetero) is 1. The van der Waals surface area contributed by atoms with Crippen molar-refractivity contribution in [2.24, 2.45) is 5.92 Å². The van der Waals surface area contributed by atoms with Gasteiger partial charge in [-0.25, -0.2) is 0 Å². The molecule has 0 unspecified atom stereocenters. The van der Waals surface area contributed by atoms with Gasteiger partial charge in [-0.15, -0.1) is 0 Å². The van der Waals surface area contributed by atoms with Crippen LogP contribution in [0.15, 0.2) is 24.3 Å². The van der Waals surface area contributed by atoms with Gasteiger partial charge in [0.05, 0.1) is 5.56 Å². The van der Waals surface area contributed by atoms with E-state index in [1.807, 2.05) is 6.07 Å². The summed E-state index contributed by atoms with van der Waals surface area (Å²) < 4.78 is 0. The first-order valence-electron chi connectivity index (χ1n) is 5.71. The van der Waals surface area contributed by atoms with E-state index in [-0.39, 0.29) is 23.7 Å². The van der Waals surface area contributed by atoms with Crippen LogP contribution < -0.4 is 5.32 Å². The molecule has 0 saturated heterocycles. The molecule has 2 atom stereocenters. The summed E-state index contributed by atoms with van der Waals surface area (Å²) in [6, 6.07) is 7.15. The second-order valence-corrected chi connectivity index (χ2v) is 4.53. The Kier molecular flexibility index (Phi) is 2.06. The summed E-state index contributed by atoms with van der Waals surface area (Å²) >= 11 is 0. The maximum atomic E-state index is 12.3. The zero-order chi connectivity index (χ0) is 11.1. The molecule has 3 heteroatoms. The van der Waals surface area contributed by atoms with Crippen LogP contribution in [-0.4, -0.2) is 17.7 Å². The molecule has 1 aliphatic carbocycles. The first-order valence-corrected chi connectivity index (χ1v) is 5.71. The van der Waals surface area contributed by atoms with E-state index < -0.39 is 0 Å². The van der Waals surface area contributed by atoms with Gasteiger partial charge in [-0.2, -0.15) is 0 Å². The van der Waals surface area contributed by atoms with E-state index in [2.05, 4.69) is 5.32 Å². The van der Waals surface area contributed by atoms with Gasteiger partial charge in [0.2, 0.25) is 0 Å². The molecular formula is C13H13NO2. The lowest BCUT2D eigenvalue weighted by atomic mass is 9.93. The SMILES string of the molecule is O=C1N[C@H]2CCC[C@@H]2C(=O)c2ccccc21. The average molecular weight is 215 g/mol. The fourth-order valence-corrected chi connectivity index (χ4v) is 2.79. The van der Waals surface area contributed by atoms with Crippen molar-refractivity contribution in [2.45, 2.75) is 25.3 Å². The smallest absolute Gasteiger partial charge is 0.252 e. The quantitative estimate of drug-likeness (QED) is 0.717. The van der Waals surface area contributed by atoms with E-state index in [0.717, 1.165) is 19.3 Å². The number of rotatable bonds is 0. The van der Waals surface area contributed by atoms with Crippen LogP contribution in [0.2, 0.25) is 0 Å². The summed E-state index contributed by atoms with van der Waals surface area (Å²) in [6.07, 6.45) is 2.86. The van der Waals surface area contributed by atoms with Crippen molar-refractivity contribution in [3.63, 3.8) is 0 Å². The fourth-order valence-electron chi connectivity index (χ4n) is 2.79. The Hall–Kier alpha value is -1.64. The van der Waals surface area contributed by atoms with Gasteiger partial charge in [-0.05, 0) is 18.9 Å². The van der Waals surface area contributed by atoms with Gasteiger partial charge in [-0.1, -0.05) is 24.6 Å². The molecule has 0 spiro atoms. The Morgan fingerprint density at radius 2 is 1.81 bits per heavy atom. The molecule has 0 aromatic heterocycles. The van der Waals surface area contributed by atoms with Crippen molar-refractivity contribution in [3.05, 3.63) is 35.4 Å². The van der Waals surface area contributed by atoms with Crippen LogP contribution in [0.5, 0.6) is 0 Å². The number of carbonyl (C=O) groups is 2. The average Bonchev–Trinajstić information content (AvgIpc) is 2.72. The zero-order valence-corrected chi connectivity index (χ0v) is 8.90. The monoisotopic (exact) mass is 215 g/mol. The third kappa shape index (κ3) is 1.28. The first-order chi connectivity index (χ1) is 7.77. The van der Waals surface area contributed by atoms with Gasteiger partial charge < -0.3 is 5.32 Å². The standard InChI is InChI=1S/C13H13NO2/c15-12-8-4-1-2-5-9(8)13(16)14-11-7-3-6-10(11)12/h1-2,4-5,10-11H,3,6-7H2,(H,14,16)/t10-,11-/m0/s1. The third-order valence-corrected chi connectivity index (χ3v) is 3.61. The Labute approximate surface area is 93.8 Å². The van der Waals surface area contributed by atoms with E-state index in [1.54, 1.807) is 18.2 Å². The lowest BCUT2D eigenvalue weighted by molar-refractivity contribution is 0.0895. The largest absolute Gasteiger partial charge is 0.349 e. The summed E-state index contributed by atoms with van der Waals surface area (Å²) in [6.45, 7) is 0.